The summed E-state index contributed by atoms with van der Waals surface area (Å²) in [6.07, 6.45) is -6.13. The van der Waals surface area contributed by atoms with Crippen LogP contribution in [0.3, 0.4) is 0 Å². The van der Waals surface area contributed by atoms with E-state index in [-0.39, 0.29) is 36.9 Å². The second-order valence-corrected chi connectivity index (χ2v) is 9.18. The summed E-state index contributed by atoms with van der Waals surface area (Å²) in [5.41, 5.74) is 0.423. The summed E-state index contributed by atoms with van der Waals surface area (Å²) in [5, 5.41) is 9.48. The highest BCUT2D eigenvalue weighted by atomic mass is 19.4. The van der Waals surface area contributed by atoms with E-state index in [0.717, 1.165) is 6.92 Å². The summed E-state index contributed by atoms with van der Waals surface area (Å²) in [6.45, 7) is 5.44. The Balaban J connectivity index is 2.22. The molecule has 0 spiro atoms. The molecule has 13 heteroatoms. The zero-order valence-electron chi connectivity index (χ0n) is 21.3. The van der Waals surface area contributed by atoms with E-state index in [1.807, 2.05) is 0 Å². The van der Waals surface area contributed by atoms with Crippen LogP contribution >= 0.6 is 0 Å². The molecule has 1 aromatic heterocycles. The average molecular weight is 543 g/mol. The van der Waals surface area contributed by atoms with Crippen LogP contribution < -0.4 is 9.47 Å². The van der Waals surface area contributed by atoms with Crippen molar-refractivity contribution < 1.29 is 51.6 Å². The fraction of sp³-hybridized carbons (Fsp3) is 0.480. The fourth-order valence-electron chi connectivity index (χ4n) is 3.10. The van der Waals surface area contributed by atoms with Crippen LogP contribution in [0.15, 0.2) is 30.5 Å². The smallest absolute Gasteiger partial charge is 0.392 e. The van der Waals surface area contributed by atoms with Crippen LogP contribution in [0.4, 0.5) is 13.2 Å². The van der Waals surface area contributed by atoms with Crippen molar-refractivity contribution in [2.45, 2.75) is 71.4 Å². The minimum Gasteiger partial charge on any atom is -0.487 e. The summed E-state index contributed by atoms with van der Waals surface area (Å²) in [4.78, 5) is 43.1. The highest BCUT2D eigenvalue weighted by Gasteiger charge is 2.27. The number of ether oxygens (including phenoxy) is 4. The maximum Gasteiger partial charge on any atom is 0.392 e. The van der Waals surface area contributed by atoms with Crippen molar-refractivity contribution in [3.63, 3.8) is 0 Å². The van der Waals surface area contributed by atoms with Crippen molar-refractivity contribution in [3.8, 4) is 11.8 Å². The molecule has 1 unspecified atom stereocenters. The van der Waals surface area contributed by atoms with Crippen LogP contribution in [0.1, 0.15) is 50.9 Å². The molecule has 1 N–H and O–H groups in total. The number of rotatable bonds is 12. The molecule has 10 nitrogen and oxygen atoms in total. The Labute approximate surface area is 217 Å². The van der Waals surface area contributed by atoms with Crippen molar-refractivity contribution in [2.75, 3.05) is 6.61 Å². The topological polar surface area (TPSA) is 134 Å². The van der Waals surface area contributed by atoms with E-state index in [1.165, 1.54) is 18.3 Å². The van der Waals surface area contributed by atoms with Gasteiger partial charge in [0.05, 0.1) is 18.5 Å². The van der Waals surface area contributed by atoms with Gasteiger partial charge in [0.2, 0.25) is 6.10 Å². The number of hydrogen-bond acceptors (Lipinski definition) is 9. The van der Waals surface area contributed by atoms with Gasteiger partial charge < -0.3 is 24.1 Å². The monoisotopic (exact) mass is 542 g/mol. The largest absolute Gasteiger partial charge is 0.487 e. The summed E-state index contributed by atoms with van der Waals surface area (Å²) >= 11 is 0. The third kappa shape index (κ3) is 11.4. The van der Waals surface area contributed by atoms with Gasteiger partial charge in [0.15, 0.2) is 0 Å². The van der Waals surface area contributed by atoms with E-state index in [0.29, 0.717) is 11.1 Å². The Bertz CT molecular complexity index is 1130. The number of hydrogen-bond donors (Lipinski definition) is 1. The number of alkyl halides is 3. The molecule has 38 heavy (non-hydrogen) atoms. The number of halogens is 3. The lowest BCUT2D eigenvalue weighted by atomic mass is 10.0. The SMILES string of the molecule is CC(=O)OC(Cc1cc(CC(=O)OC(C)(C)C)ccc1OCc1ccnc(OCCC(F)(F)F)n1)C(=O)O. The molecule has 1 aromatic carbocycles. The Morgan fingerprint density at radius 2 is 1.79 bits per heavy atom. The van der Waals surface area contributed by atoms with Gasteiger partial charge in [-0.3, -0.25) is 9.59 Å². The second-order valence-electron chi connectivity index (χ2n) is 9.18. The third-order valence-corrected chi connectivity index (χ3v) is 4.57. The molecule has 0 fully saturated rings. The van der Waals surface area contributed by atoms with Crippen molar-refractivity contribution in [2.24, 2.45) is 0 Å². The van der Waals surface area contributed by atoms with Gasteiger partial charge in [-0.25, -0.2) is 9.78 Å². The number of nitrogens with zero attached hydrogens (tertiary/aromatic N) is 2. The van der Waals surface area contributed by atoms with Gasteiger partial charge in [-0.05, 0) is 44.0 Å². The van der Waals surface area contributed by atoms with E-state index in [4.69, 9.17) is 18.9 Å². The van der Waals surface area contributed by atoms with Gasteiger partial charge >= 0.3 is 30.1 Å². The highest BCUT2D eigenvalue weighted by molar-refractivity contribution is 5.77. The number of aliphatic carboxylic acids is 1. The van der Waals surface area contributed by atoms with Crippen LogP contribution in [0.25, 0.3) is 0 Å². The molecule has 0 aliphatic carbocycles. The predicted octanol–water partition coefficient (Wildman–Crippen LogP) is 3.83. The van der Waals surface area contributed by atoms with Crippen LogP contribution in [0, 0.1) is 0 Å². The lowest BCUT2D eigenvalue weighted by Gasteiger charge is -2.20. The van der Waals surface area contributed by atoms with Gasteiger partial charge in [-0.15, -0.1) is 0 Å². The molecule has 0 saturated carbocycles. The van der Waals surface area contributed by atoms with Crippen molar-refractivity contribution in [3.05, 3.63) is 47.3 Å². The predicted molar refractivity (Wildman–Crippen MR) is 125 cm³/mol. The number of aromatic nitrogens is 2. The molecule has 1 atom stereocenters. The summed E-state index contributed by atoms with van der Waals surface area (Å²) in [5.74, 6) is -2.44. The molecule has 0 aliphatic heterocycles. The van der Waals surface area contributed by atoms with Crippen LogP contribution in [0.5, 0.6) is 11.8 Å². The number of benzene rings is 1. The Morgan fingerprint density at radius 3 is 2.39 bits per heavy atom. The first-order valence-electron chi connectivity index (χ1n) is 11.5. The number of carboxylic acid groups (broad SMARTS) is 1. The molecule has 0 aliphatic rings. The first-order valence-corrected chi connectivity index (χ1v) is 11.5. The first kappa shape index (κ1) is 30.3. The molecule has 0 radical (unpaired) electrons. The molecular formula is C25H29F3N2O8. The molecule has 2 rings (SSSR count). The average Bonchev–Trinajstić information content (AvgIpc) is 2.76. The van der Waals surface area contributed by atoms with Crippen molar-refractivity contribution in [1.29, 1.82) is 0 Å². The normalized spacial score (nSPS) is 12.4. The van der Waals surface area contributed by atoms with E-state index >= 15 is 0 Å². The van der Waals surface area contributed by atoms with Crippen molar-refractivity contribution >= 4 is 17.9 Å². The quantitative estimate of drug-likeness (QED) is 0.394. The minimum absolute atomic E-state index is 0.0968. The van der Waals surface area contributed by atoms with E-state index < -0.39 is 48.8 Å². The van der Waals surface area contributed by atoms with Crippen LogP contribution in [0.2, 0.25) is 0 Å². The van der Waals surface area contributed by atoms with E-state index in [2.05, 4.69) is 9.97 Å². The molecule has 2 aromatic rings. The third-order valence-electron chi connectivity index (χ3n) is 4.57. The second kappa shape index (κ2) is 13.1. The van der Waals surface area contributed by atoms with Gasteiger partial charge in [0, 0.05) is 19.5 Å². The summed E-state index contributed by atoms with van der Waals surface area (Å²) in [6, 6.07) is 5.86. The summed E-state index contributed by atoms with van der Waals surface area (Å²) in [7, 11) is 0. The minimum atomic E-state index is -4.38. The zero-order chi connectivity index (χ0) is 28.5. The van der Waals surface area contributed by atoms with Gasteiger partial charge in [-0.2, -0.15) is 18.2 Å². The van der Waals surface area contributed by atoms with E-state index in [1.54, 1.807) is 32.9 Å². The molecular weight excluding hydrogens is 513 g/mol. The van der Waals surface area contributed by atoms with Crippen molar-refractivity contribution in [1.82, 2.24) is 9.97 Å². The molecule has 208 valence electrons. The van der Waals surface area contributed by atoms with Crippen LogP contribution in [-0.2, 0) is 43.3 Å². The lowest BCUT2D eigenvalue weighted by Crippen LogP contribution is -2.28. The standard InChI is InChI=1S/C25H29F3N2O8/c1-15(31)37-20(22(33)34)13-17-11-16(12-21(32)38-24(2,3)4)5-6-19(17)36-14-18-7-9-29-23(30-18)35-10-8-25(26,27)28/h5-7,9,11,20H,8,10,12-14H2,1-4H3,(H,33,34). The van der Waals surface area contributed by atoms with E-state index in [9.17, 15) is 32.7 Å². The number of carbonyl (C=O) groups excluding carboxylic acids is 2. The zero-order valence-corrected chi connectivity index (χ0v) is 21.3. The van der Waals surface area contributed by atoms with Gasteiger partial charge in [-0.1, -0.05) is 12.1 Å². The summed E-state index contributed by atoms with van der Waals surface area (Å²) < 4.78 is 58.0. The number of carbonyl (C=O) groups is 3. The first-order chi connectivity index (χ1) is 17.6. The molecule has 1 heterocycles. The molecule has 0 bridgehead atoms. The fourth-order valence-corrected chi connectivity index (χ4v) is 3.10. The van der Waals surface area contributed by atoms with Gasteiger partial charge in [0.1, 0.15) is 24.6 Å². The lowest BCUT2D eigenvalue weighted by molar-refractivity contribution is -0.162. The highest BCUT2D eigenvalue weighted by Crippen LogP contribution is 2.25. The van der Waals surface area contributed by atoms with Gasteiger partial charge in [0.25, 0.3) is 0 Å². The number of carboxylic acids is 1. The maximum atomic E-state index is 12.3. The molecule has 0 amide bonds. The maximum absolute atomic E-state index is 12.3. The molecule has 0 saturated heterocycles. The Hall–Kier alpha value is -3.90. The number of esters is 2. The Kier molecular flexibility index (Phi) is 10.4. The van der Waals surface area contributed by atoms with Crippen LogP contribution in [-0.4, -0.2) is 57.5 Å². The Morgan fingerprint density at radius 1 is 1.08 bits per heavy atom.